The largest absolute Gasteiger partial charge is 0.289 e. The van der Waals surface area contributed by atoms with Crippen molar-refractivity contribution in [2.75, 3.05) is 7.05 Å². The van der Waals surface area contributed by atoms with Crippen molar-refractivity contribution < 1.29 is 13.2 Å². The van der Waals surface area contributed by atoms with E-state index in [2.05, 4.69) is 18.2 Å². The van der Waals surface area contributed by atoms with Crippen molar-refractivity contribution in [3.63, 3.8) is 0 Å². The molecule has 0 aromatic carbocycles. The summed E-state index contributed by atoms with van der Waals surface area (Å²) in [5, 5.41) is 0. The van der Waals surface area contributed by atoms with E-state index in [0.717, 1.165) is 6.08 Å². The molecular weight excluding hydrogens is 239 g/mol. The number of allylic oxidation sites excluding steroid dienone is 4. The van der Waals surface area contributed by atoms with Crippen molar-refractivity contribution in [2.24, 2.45) is 16.8 Å². The zero-order chi connectivity index (χ0) is 13.7. The summed E-state index contributed by atoms with van der Waals surface area (Å²) in [6, 6.07) is 0. The first-order valence-electron chi connectivity index (χ1n) is 5.86. The maximum absolute atomic E-state index is 15.0. The molecule has 0 spiro atoms. The van der Waals surface area contributed by atoms with E-state index < -0.39 is 12.1 Å². The molecule has 1 nitrogen and oxygen atoms in total. The molecule has 0 aromatic rings. The summed E-state index contributed by atoms with van der Waals surface area (Å²) in [7, 11) is 1.43. The average Bonchev–Trinajstić information content (AvgIpc) is 3.03. The van der Waals surface area contributed by atoms with Crippen molar-refractivity contribution in [3.8, 4) is 0 Å². The Bertz CT molecular complexity index is 475. The normalized spacial score (nSPS) is 38.9. The molecule has 3 unspecified atom stereocenters. The fourth-order valence-corrected chi connectivity index (χ4v) is 2.97. The van der Waals surface area contributed by atoms with E-state index in [1.165, 1.54) is 7.05 Å². The van der Waals surface area contributed by atoms with E-state index >= 15 is 4.39 Å². The highest BCUT2D eigenvalue weighted by molar-refractivity contribution is 6.13. The summed E-state index contributed by atoms with van der Waals surface area (Å²) < 4.78 is 41.0. The number of rotatable bonds is 3. The highest BCUT2D eigenvalue weighted by Gasteiger charge is 2.66. The minimum absolute atomic E-state index is 0.117. The zero-order valence-corrected chi connectivity index (χ0v) is 10.5. The third kappa shape index (κ3) is 1.51. The van der Waals surface area contributed by atoms with Crippen LogP contribution in [0.15, 0.2) is 40.9 Å². The van der Waals surface area contributed by atoms with Crippen molar-refractivity contribution in [1.82, 2.24) is 0 Å². The number of halogens is 3. The highest BCUT2D eigenvalue weighted by atomic mass is 19.3. The second kappa shape index (κ2) is 4.11. The standard InChI is InChI=1S/C14H16F3N/c1-5-8(13(15)16)11-9-6-10(9)14(17,7(2)3)12(11)18-4/h5,9-10,13H,1-2,6H2,3-4H3. The zero-order valence-electron chi connectivity index (χ0n) is 10.5. The van der Waals surface area contributed by atoms with Gasteiger partial charge in [-0.3, -0.25) is 4.99 Å². The Hall–Kier alpha value is -1.32. The fourth-order valence-electron chi connectivity index (χ4n) is 2.97. The van der Waals surface area contributed by atoms with E-state index in [-0.39, 0.29) is 23.1 Å². The summed E-state index contributed by atoms with van der Waals surface area (Å²) in [5.74, 6) is -0.440. The molecule has 2 rings (SSSR count). The van der Waals surface area contributed by atoms with Gasteiger partial charge in [-0.15, -0.1) is 0 Å². The lowest BCUT2D eigenvalue weighted by Crippen LogP contribution is -2.34. The van der Waals surface area contributed by atoms with Crippen LogP contribution in [0.3, 0.4) is 0 Å². The molecule has 0 aromatic heterocycles. The number of aliphatic imine (C=N–C) groups is 1. The van der Waals surface area contributed by atoms with Gasteiger partial charge in [-0.2, -0.15) is 0 Å². The van der Waals surface area contributed by atoms with Crippen LogP contribution in [0.1, 0.15) is 13.3 Å². The van der Waals surface area contributed by atoms with Gasteiger partial charge in [0.15, 0.2) is 5.67 Å². The molecule has 0 saturated heterocycles. The van der Waals surface area contributed by atoms with E-state index in [1.54, 1.807) is 6.92 Å². The van der Waals surface area contributed by atoms with Crippen LogP contribution in [0.25, 0.3) is 0 Å². The molecule has 0 aliphatic heterocycles. The van der Waals surface area contributed by atoms with Crippen molar-refractivity contribution in [1.29, 1.82) is 0 Å². The molecule has 2 aliphatic carbocycles. The predicted molar refractivity (Wildman–Crippen MR) is 66.8 cm³/mol. The van der Waals surface area contributed by atoms with E-state index in [4.69, 9.17) is 0 Å². The van der Waals surface area contributed by atoms with Gasteiger partial charge < -0.3 is 0 Å². The second-order valence-electron chi connectivity index (χ2n) is 4.89. The van der Waals surface area contributed by atoms with Crippen LogP contribution in [-0.2, 0) is 0 Å². The van der Waals surface area contributed by atoms with Crippen LogP contribution < -0.4 is 0 Å². The van der Waals surface area contributed by atoms with Gasteiger partial charge in [0.25, 0.3) is 6.43 Å². The monoisotopic (exact) mass is 255 g/mol. The molecule has 0 N–H and O–H groups in total. The Kier molecular flexibility index (Phi) is 2.99. The smallest absolute Gasteiger partial charge is 0.264 e. The molecule has 3 atom stereocenters. The summed E-state index contributed by atoms with van der Waals surface area (Å²) >= 11 is 0. The third-order valence-corrected chi connectivity index (χ3v) is 3.88. The van der Waals surface area contributed by atoms with Crippen LogP contribution in [-0.4, -0.2) is 24.9 Å². The molecule has 2 fully saturated rings. The SMILES string of the molecule is C=CC(=C1C(=NC)C(F)(C(=C)C)C2CC12)C(F)F. The van der Waals surface area contributed by atoms with Gasteiger partial charge in [-0.1, -0.05) is 19.2 Å². The minimum Gasteiger partial charge on any atom is -0.289 e. The van der Waals surface area contributed by atoms with Crippen molar-refractivity contribution in [3.05, 3.63) is 36.0 Å². The molecule has 0 radical (unpaired) electrons. The van der Waals surface area contributed by atoms with Gasteiger partial charge in [0.05, 0.1) is 5.71 Å². The Balaban J connectivity index is 2.61. The van der Waals surface area contributed by atoms with Crippen molar-refractivity contribution >= 4 is 5.71 Å². The molecule has 98 valence electrons. The first kappa shape index (κ1) is 13.1. The molecule has 0 bridgehead atoms. The lowest BCUT2D eigenvalue weighted by Gasteiger charge is -2.24. The Morgan fingerprint density at radius 1 is 1.56 bits per heavy atom. The second-order valence-corrected chi connectivity index (χ2v) is 4.89. The fraction of sp³-hybridized carbons (Fsp3) is 0.500. The number of alkyl halides is 3. The van der Waals surface area contributed by atoms with E-state index in [9.17, 15) is 8.78 Å². The van der Waals surface area contributed by atoms with Crippen LogP contribution in [0.5, 0.6) is 0 Å². The Labute approximate surface area is 105 Å². The van der Waals surface area contributed by atoms with Gasteiger partial charge >= 0.3 is 0 Å². The van der Waals surface area contributed by atoms with Gasteiger partial charge in [-0.05, 0) is 30.4 Å². The first-order chi connectivity index (χ1) is 8.39. The molecular formula is C14H16F3N. The van der Waals surface area contributed by atoms with Gasteiger partial charge in [0, 0.05) is 18.5 Å². The van der Waals surface area contributed by atoms with Gasteiger partial charge in [0.1, 0.15) is 0 Å². The predicted octanol–water partition coefficient (Wildman–Crippen LogP) is 3.74. The van der Waals surface area contributed by atoms with Crippen LogP contribution in [0, 0.1) is 11.8 Å². The molecule has 2 aliphatic rings. The minimum atomic E-state index is -2.65. The topological polar surface area (TPSA) is 12.4 Å². The molecule has 0 heterocycles. The number of nitrogens with zero attached hydrogens (tertiary/aromatic N) is 1. The van der Waals surface area contributed by atoms with Crippen LogP contribution in [0.2, 0.25) is 0 Å². The quantitative estimate of drug-likeness (QED) is 0.681. The van der Waals surface area contributed by atoms with Crippen LogP contribution >= 0.6 is 0 Å². The van der Waals surface area contributed by atoms with Gasteiger partial charge in [0.2, 0.25) is 0 Å². The van der Waals surface area contributed by atoms with E-state index in [1.807, 2.05) is 0 Å². The average molecular weight is 255 g/mol. The number of hydrogen-bond acceptors (Lipinski definition) is 1. The van der Waals surface area contributed by atoms with E-state index in [0.29, 0.717) is 17.6 Å². The summed E-state index contributed by atoms with van der Waals surface area (Å²) in [6.45, 7) is 8.64. The molecule has 18 heavy (non-hydrogen) atoms. The summed E-state index contributed by atoms with van der Waals surface area (Å²) in [6.07, 6.45) is -0.949. The molecule has 4 heteroatoms. The third-order valence-electron chi connectivity index (χ3n) is 3.88. The lowest BCUT2D eigenvalue weighted by molar-refractivity contribution is 0.193. The summed E-state index contributed by atoms with van der Waals surface area (Å²) in [4.78, 5) is 3.92. The molecule has 0 amide bonds. The Morgan fingerprint density at radius 3 is 2.56 bits per heavy atom. The van der Waals surface area contributed by atoms with Gasteiger partial charge in [-0.25, -0.2) is 13.2 Å². The maximum atomic E-state index is 15.0. The lowest BCUT2D eigenvalue weighted by atomic mass is 9.88. The summed E-state index contributed by atoms with van der Waals surface area (Å²) in [5.41, 5.74) is -1.14. The van der Waals surface area contributed by atoms with Crippen molar-refractivity contribution in [2.45, 2.75) is 25.4 Å². The van der Waals surface area contributed by atoms with Crippen LogP contribution in [0.4, 0.5) is 13.2 Å². The number of fused-ring (bicyclic) bond motifs is 1. The maximum Gasteiger partial charge on any atom is 0.264 e. The Morgan fingerprint density at radius 2 is 2.17 bits per heavy atom. The highest BCUT2D eigenvalue weighted by Crippen LogP contribution is 2.63. The first-order valence-corrected chi connectivity index (χ1v) is 5.86. The number of hydrogen-bond donors (Lipinski definition) is 0. The molecule has 2 saturated carbocycles.